The Morgan fingerprint density at radius 2 is 2.00 bits per heavy atom. The average molecular weight is 357 g/mol. The lowest BCUT2D eigenvalue weighted by atomic mass is 10.2. The van der Waals surface area contributed by atoms with Crippen LogP contribution in [-0.4, -0.2) is 6.54 Å². The zero-order chi connectivity index (χ0) is 12.1. The molecule has 0 unspecified atom stereocenters. The molecule has 0 saturated heterocycles. The highest BCUT2D eigenvalue weighted by atomic mass is 127. The van der Waals surface area contributed by atoms with E-state index in [9.17, 15) is 0 Å². The molecule has 3 heteroatoms. The van der Waals surface area contributed by atoms with Crippen LogP contribution in [0, 0.1) is 3.57 Å². The molecule has 1 nitrogen and oxygen atoms in total. The summed E-state index contributed by atoms with van der Waals surface area (Å²) in [7, 11) is 0. The van der Waals surface area contributed by atoms with Crippen molar-refractivity contribution in [2.24, 2.45) is 0 Å². The Bertz CT molecular complexity index is 479. The fraction of sp³-hybridized carbons (Fsp3) is 0.286. The van der Waals surface area contributed by atoms with Crippen molar-refractivity contribution in [3.63, 3.8) is 0 Å². The topological polar surface area (TPSA) is 12.0 Å². The van der Waals surface area contributed by atoms with E-state index >= 15 is 0 Å². The van der Waals surface area contributed by atoms with Crippen LogP contribution in [0.25, 0.3) is 10.4 Å². The van der Waals surface area contributed by atoms with Crippen LogP contribution in [0.2, 0.25) is 0 Å². The monoisotopic (exact) mass is 357 g/mol. The van der Waals surface area contributed by atoms with Gasteiger partial charge in [0.05, 0.1) is 0 Å². The maximum absolute atomic E-state index is 3.44. The molecule has 0 spiro atoms. The van der Waals surface area contributed by atoms with Gasteiger partial charge in [0.1, 0.15) is 0 Å². The highest BCUT2D eigenvalue weighted by molar-refractivity contribution is 14.1. The van der Waals surface area contributed by atoms with E-state index < -0.39 is 0 Å². The fourth-order valence-electron chi connectivity index (χ4n) is 1.67. The van der Waals surface area contributed by atoms with Gasteiger partial charge in [-0.2, -0.15) is 0 Å². The van der Waals surface area contributed by atoms with Gasteiger partial charge in [-0.25, -0.2) is 0 Å². The van der Waals surface area contributed by atoms with Gasteiger partial charge in [-0.05, 0) is 53.8 Å². The maximum atomic E-state index is 3.44. The van der Waals surface area contributed by atoms with Crippen molar-refractivity contribution in [3.05, 3.63) is 44.8 Å². The predicted molar refractivity (Wildman–Crippen MR) is 84.5 cm³/mol. The number of thiophene rings is 1. The van der Waals surface area contributed by atoms with Gasteiger partial charge in [0.2, 0.25) is 0 Å². The van der Waals surface area contributed by atoms with Crippen molar-refractivity contribution in [3.8, 4) is 10.4 Å². The van der Waals surface area contributed by atoms with Gasteiger partial charge in [0, 0.05) is 25.4 Å². The minimum atomic E-state index is 0.988. The molecule has 1 N–H and O–H groups in total. The summed E-state index contributed by atoms with van der Waals surface area (Å²) in [5, 5.41) is 3.44. The Hall–Kier alpha value is -0.390. The molecule has 0 fully saturated rings. The molecule has 0 aliphatic rings. The van der Waals surface area contributed by atoms with Crippen LogP contribution in [0.4, 0.5) is 0 Å². The van der Waals surface area contributed by atoms with E-state index in [-0.39, 0.29) is 0 Å². The lowest BCUT2D eigenvalue weighted by Gasteiger charge is -2.01. The molecular formula is C14H16INS. The molecule has 0 saturated carbocycles. The van der Waals surface area contributed by atoms with E-state index in [1.807, 2.05) is 11.3 Å². The minimum Gasteiger partial charge on any atom is -0.312 e. The van der Waals surface area contributed by atoms with E-state index in [1.54, 1.807) is 0 Å². The number of benzene rings is 1. The van der Waals surface area contributed by atoms with Gasteiger partial charge in [-0.3, -0.25) is 0 Å². The van der Waals surface area contributed by atoms with Crippen molar-refractivity contribution < 1.29 is 0 Å². The zero-order valence-corrected chi connectivity index (χ0v) is 12.8. The molecule has 90 valence electrons. The first-order valence-electron chi connectivity index (χ1n) is 5.85. The quantitative estimate of drug-likeness (QED) is 0.613. The molecule has 1 heterocycles. The maximum Gasteiger partial charge on any atom is 0.0356 e. The molecule has 1 aromatic carbocycles. The average Bonchev–Trinajstić information content (AvgIpc) is 2.79. The van der Waals surface area contributed by atoms with Crippen LogP contribution >= 0.6 is 33.9 Å². The van der Waals surface area contributed by atoms with Crippen LogP contribution in [0.5, 0.6) is 0 Å². The number of nitrogens with one attached hydrogen (secondary N) is 1. The molecule has 17 heavy (non-hydrogen) atoms. The second-order valence-corrected chi connectivity index (χ2v) is 6.25. The smallest absolute Gasteiger partial charge is 0.0356 e. The Morgan fingerprint density at radius 3 is 2.76 bits per heavy atom. The fourth-order valence-corrected chi connectivity index (χ4v) is 3.54. The summed E-state index contributed by atoms with van der Waals surface area (Å²) in [6.07, 6.45) is 1.19. The molecule has 0 aliphatic carbocycles. The van der Waals surface area contributed by atoms with Crippen molar-refractivity contribution in [1.29, 1.82) is 0 Å². The first-order chi connectivity index (χ1) is 8.31. The molecule has 0 aliphatic heterocycles. The van der Waals surface area contributed by atoms with Gasteiger partial charge in [-0.15, -0.1) is 11.3 Å². The van der Waals surface area contributed by atoms with E-state index in [0.29, 0.717) is 0 Å². The number of halogens is 1. The van der Waals surface area contributed by atoms with E-state index in [2.05, 4.69) is 71.2 Å². The van der Waals surface area contributed by atoms with E-state index in [0.717, 1.165) is 13.1 Å². The molecule has 0 bridgehead atoms. The van der Waals surface area contributed by atoms with Gasteiger partial charge in [0.25, 0.3) is 0 Å². The summed E-state index contributed by atoms with van der Waals surface area (Å²) in [5.74, 6) is 0. The van der Waals surface area contributed by atoms with Crippen LogP contribution in [0.15, 0.2) is 36.4 Å². The van der Waals surface area contributed by atoms with Crippen molar-refractivity contribution in [2.75, 3.05) is 6.54 Å². The largest absolute Gasteiger partial charge is 0.312 e. The SMILES string of the molecule is CCCNCc1ccc(-c2ccccc2I)s1. The molecule has 0 atom stereocenters. The Morgan fingerprint density at radius 1 is 1.18 bits per heavy atom. The zero-order valence-electron chi connectivity index (χ0n) is 9.87. The van der Waals surface area contributed by atoms with Gasteiger partial charge < -0.3 is 5.32 Å². The molecule has 2 rings (SSSR count). The van der Waals surface area contributed by atoms with Gasteiger partial charge in [0.15, 0.2) is 0 Å². The van der Waals surface area contributed by atoms with Crippen molar-refractivity contribution in [2.45, 2.75) is 19.9 Å². The molecule has 0 radical (unpaired) electrons. The first kappa shape index (κ1) is 13.1. The molecular weight excluding hydrogens is 341 g/mol. The van der Waals surface area contributed by atoms with Crippen LogP contribution in [0.3, 0.4) is 0 Å². The summed E-state index contributed by atoms with van der Waals surface area (Å²) < 4.78 is 1.32. The summed E-state index contributed by atoms with van der Waals surface area (Å²) >= 11 is 4.28. The summed E-state index contributed by atoms with van der Waals surface area (Å²) in [6, 6.07) is 13.0. The molecule has 0 amide bonds. The van der Waals surface area contributed by atoms with Gasteiger partial charge in [-0.1, -0.05) is 25.1 Å². The third-order valence-corrected chi connectivity index (χ3v) is 4.59. The van der Waals surface area contributed by atoms with Crippen LogP contribution in [0.1, 0.15) is 18.2 Å². The van der Waals surface area contributed by atoms with Gasteiger partial charge >= 0.3 is 0 Å². The molecule has 2 aromatic rings. The van der Waals surface area contributed by atoms with E-state index in [4.69, 9.17) is 0 Å². The van der Waals surface area contributed by atoms with E-state index in [1.165, 1.54) is 25.3 Å². The minimum absolute atomic E-state index is 0.988. The highest BCUT2D eigenvalue weighted by Gasteiger charge is 2.05. The Labute approximate surface area is 120 Å². The standard InChI is InChI=1S/C14H16INS/c1-2-9-16-10-11-7-8-14(17-11)12-5-3-4-6-13(12)15/h3-8,16H,2,9-10H2,1H3. The lowest BCUT2D eigenvalue weighted by Crippen LogP contribution is -2.12. The highest BCUT2D eigenvalue weighted by Crippen LogP contribution is 2.31. The van der Waals surface area contributed by atoms with Crippen molar-refractivity contribution >= 4 is 33.9 Å². The summed E-state index contributed by atoms with van der Waals surface area (Å²) in [5.41, 5.74) is 1.35. The number of rotatable bonds is 5. The van der Waals surface area contributed by atoms with Crippen LogP contribution < -0.4 is 5.32 Å². The third kappa shape index (κ3) is 3.53. The number of hydrogen-bond donors (Lipinski definition) is 1. The second-order valence-electron chi connectivity index (χ2n) is 3.92. The Balaban J connectivity index is 2.10. The lowest BCUT2D eigenvalue weighted by molar-refractivity contribution is 0.681. The predicted octanol–water partition coefficient (Wildman–Crippen LogP) is 4.52. The third-order valence-electron chi connectivity index (χ3n) is 2.53. The summed E-state index contributed by atoms with van der Waals surface area (Å²) in [6.45, 7) is 4.28. The normalized spacial score (nSPS) is 10.7. The second kappa shape index (κ2) is 6.52. The number of hydrogen-bond acceptors (Lipinski definition) is 2. The Kier molecular flexibility index (Phi) is 5.00. The first-order valence-corrected chi connectivity index (χ1v) is 7.75. The summed E-state index contributed by atoms with van der Waals surface area (Å²) in [4.78, 5) is 2.77. The molecule has 1 aromatic heterocycles. The van der Waals surface area contributed by atoms with Crippen molar-refractivity contribution in [1.82, 2.24) is 5.32 Å². The van der Waals surface area contributed by atoms with Crippen LogP contribution in [-0.2, 0) is 6.54 Å².